The maximum absolute atomic E-state index is 13.1. The quantitative estimate of drug-likeness (QED) is 0.274. The molecule has 168 valence electrons. The Morgan fingerprint density at radius 3 is 2.53 bits per heavy atom. The number of carbonyl (C=O) groups is 1. The van der Waals surface area contributed by atoms with Crippen LogP contribution in [0.3, 0.4) is 0 Å². The number of nitro groups is 1. The van der Waals surface area contributed by atoms with Crippen LogP contribution in [0.4, 0.5) is 10.8 Å². The average molecular weight is 457 g/mol. The van der Waals surface area contributed by atoms with Gasteiger partial charge in [0.15, 0.2) is 16.6 Å². The van der Waals surface area contributed by atoms with E-state index in [1.54, 1.807) is 43.4 Å². The molecule has 9 nitrogen and oxygen atoms in total. The zero-order valence-corrected chi connectivity index (χ0v) is 19.1. The Morgan fingerprint density at radius 1 is 1.16 bits per heavy atom. The number of hydrogen-bond donors (Lipinski definition) is 0. The van der Waals surface area contributed by atoms with Crippen molar-refractivity contribution in [2.24, 2.45) is 0 Å². The highest BCUT2D eigenvalue weighted by Crippen LogP contribution is 2.37. The van der Waals surface area contributed by atoms with Gasteiger partial charge in [-0.2, -0.15) is 0 Å². The lowest BCUT2D eigenvalue weighted by atomic mass is 10.2. The van der Waals surface area contributed by atoms with Crippen molar-refractivity contribution in [2.45, 2.75) is 0 Å². The van der Waals surface area contributed by atoms with Gasteiger partial charge in [0.25, 0.3) is 11.6 Å². The number of rotatable bonds is 9. The lowest BCUT2D eigenvalue weighted by molar-refractivity contribution is -0.384. The van der Waals surface area contributed by atoms with Crippen molar-refractivity contribution < 1.29 is 19.2 Å². The number of methoxy groups -OCH3 is 2. The molecule has 0 atom stereocenters. The van der Waals surface area contributed by atoms with Crippen molar-refractivity contribution in [1.82, 2.24) is 9.88 Å². The van der Waals surface area contributed by atoms with E-state index in [2.05, 4.69) is 4.98 Å². The second kappa shape index (κ2) is 10.2. The number of anilines is 1. The Hall–Kier alpha value is -3.50. The number of nitrogens with zero attached hydrogens (tertiary/aromatic N) is 4. The number of likely N-dealkylation sites (N-methyl/N-ethyl adjacent to an activating group) is 1. The van der Waals surface area contributed by atoms with Gasteiger partial charge in [-0.1, -0.05) is 23.5 Å². The van der Waals surface area contributed by atoms with Crippen molar-refractivity contribution in [3.05, 3.63) is 58.2 Å². The van der Waals surface area contributed by atoms with Crippen LogP contribution in [0.15, 0.2) is 42.5 Å². The summed E-state index contributed by atoms with van der Waals surface area (Å²) in [5.41, 5.74) is 1.24. The number of fused-ring (bicyclic) bond motifs is 1. The summed E-state index contributed by atoms with van der Waals surface area (Å²) in [6, 6.07) is 9.73. The van der Waals surface area contributed by atoms with Crippen LogP contribution >= 0.6 is 11.3 Å². The summed E-state index contributed by atoms with van der Waals surface area (Å²) in [5, 5.41) is 11.5. The summed E-state index contributed by atoms with van der Waals surface area (Å²) in [4.78, 5) is 31.8. The van der Waals surface area contributed by atoms with Gasteiger partial charge in [-0.3, -0.25) is 19.8 Å². The second-order valence-corrected chi connectivity index (χ2v) is 8.16. The van der Waals surface area contributed by atoms with Crippen molar-refractivity contribution in [3.63, 3.8) is 0 Å². The molecule has 0 radical (unpaired) electrons. The summed E-state index contributed by atoms with van der Waals surface area (Å²) in [7, 11) is 6.98. The van der Waals surface area contributed by atoms with E-state index in [0.717, 1.165) is 4.70 Å². The molecule has 1 heterocycles. The molecule has 10 heteroatoms. The van der Waals surface area contributed by atoms with Crippen LogP contribution in [0, 0.1) is 10.1 Å². The number of amides is 1. The Bertz CT molecular complexity index is 1120. The highest BCUT2D eigenvalue weighted by molar-refractivity contribution is 7.22. The van der Waals surface area contributed by atoms with E-state index in [1.807, 2.05) is 25.1 Å². The molecule has 0 N–H and O–H groups in total. The molecule has 0 saturated heterocycles. The van der Waals surface area contributed by atoms with Crippen molar-refractivity contribution in [1.29, 1.82) is 0 Å². The van der Waals surface area contributed by atoms with E-state index < -0.39 is 4.92 Å². The minimum atomic E-state index is -0.466. The van der Waals surface area contributed by atoms with Crippen LogP contribution in [0.1, 0.15) is 5.56 Å². The van der Waals surface area contributed by atoms with Gasteiger partial charge >= 0.3 is 0 Å². The predicted molar refractivity (Wildman–Crippen MR) is 126 cm³/mol. The van der Waals surface area contributed by atoms with Crippen LogP contribution in [-0.4, -0.2) is 62.1 Å². The molecule has 0 aliphatic heterocycles. The molecule has 0 saturated carbocycles. The summed E-state index contributed by atoms with van der Waals surface area (Å²) in [6.45, 7) is 1.07. The van der Waals surface area contributed by atoms with E-state index in [9.17, 15) is 14.9 Å². The summed E-state index contributed by atoms with van der Waals surface area (Å²) < 4.78 is 11.6. The minimum absolute atomic E-state index is 0.0295. The first-order chi connectivity index (χ1) is 15.3. The van der Waals surface area contributed by atoms with Crippen LogP contribution in [0.2, 0.25) is 0 Å². The Balaban J connectivity index is 1.92. The van der Waals surface area contributed by atoms with Gasteiger partial charge in [-0.05, 0) is 25.7 Å². The Kier molecular flexibility index (Phi) is 7.39. The largest absolute Gasteiger partial charge is 0.493 e. The van der Waals surface area contributed by atoms with Crippen molar-refractivity contribution >= 4 is 44.4 Å². The molecule has 0 aliphatic carbocycles. The third-order valence-electron chi connectivity index (χ3n) is 4.65. The van der Waals surface area contributed by atoms with Crippen LogP contribution < -0.4 is 14.4 Å². The normalized spacial score (nSPS) is 11.3. The second-order valence-electron chi connectivity index (χ2n) is 7.15. The molecule has 3 aromatic rings. The van der Waals surface area contributed by atoms with Crippen molar-refractivity contribution in [3.8, 4) is 11.5 Å². The SMILES string of the molecule is COc1cc2nc(N(CCN(C)C)C(=O)/C=C/c3cccc([N+](=O)[O-])c3)sc2cc1OC. The molecule has 32 heavy (non-hydrogen) atoms. The predicted octanol–water partition coefficient (Wildman–Crippen LogP) is 3.83. The number of thiazole rings is 1. The highest BCUT2D eigenvalue weighted by Gasteiger charge is 2.19. The minimum Gasteiger partial charge on any atom is -0.493 e. The number of carbonyl (C=O) groups excluding carboxylic acids is 1. The maximum atomic E-state index is 13.1. The first-order valence-electron chi connectivity index (χ1n) is 9.73. The van der Waals surface area contributed by atoms with E-state index in [0.29, 0.717) is 40.8 Å². The molecule has 0 bridgehead atoms. The van der Waals surface area contributed by atoms with Gasteiger partial charge in [0.2, 0.25) is 0 Å². The number of benzene rings is 2. The van der Waals surface area contributed by atoms with Gasteiger partial charge in [0, 0.05) is 43.4 Å². The van der Waals surface area contributed by atoms with Gasteiger partial charge in [0.05, 0.1) is 29.4 Å². The lowest BCUT2D eigenvalue weighted by Gasteiger charge is -2.20. The third-order valence-corrected chi connectivity index (χ3v) is 5.69. The van der Waals surface area contributed by atoms with Gasteiger partial charge < -0.3 is 14.4 Å². The molecule has 1 aromatic heterocycles. The molecule has 2 aromatic carbocycles. The smallest absolute Gasteiger partial charge is 0.270 e. The number of ether oxygens (including phenoxy) is 2. The summed E-state index contributed by atoms with van der Waals surface area (Å²) >= 11 is 1.38. The number of aromatic nitrogens is 1. The fraction of sp³-hybridized carbons (Fsp3) is 0.273. The zero-order chi connectivity index (χ0) is 23.3. The summed E-state index contributed by atoms with van der Waals surface area (Å²) in [6.07, 6.45) is 2.97. The molecule has 1 amide bonds. The van der Waals surface area contributed by atoms with E-state index in [-0.39, 0.29) is 11.6 Å². The fourth-order valence-electron chi connectivity index (χ4n) is 2.96. The van der Waals surface area contributed by atoms with E-state index in [1.165, 1.54) is 29.5 Å². The zero-order valence-electron chi connectivity index (χ0n) is 18.3. The monoisotopic (exact) mass is 456 g/mol. The van der Waals surface area contributed by atoms with Gasteiger partial charge in [-0.25, -0.2) is 4.98 Å². The molecular weight excluding hydrogens is 432 g/mol. The first-order valence-corrected chi connectivity index (χ1v) is 10.6. The Morgan fingerprint density at radius 2 is 1.88 bits per heavy atom. The van der Waals surface area contributed by atoms with Crippen molar-refractivity contribution in [2.75, 3.05) is 46.3 Å². The van der Waals surface area contributed by atoms with Crippen LogP contribution in [-0.2, 0) is 4.79 Å². The standard InChI is InChI=1S/C22H24N4O5S/c1-24(2)10-11-25(21(27)9-8-15-6-5-7-16(12-15)26(28)29)22-23-17-13-18(30-3)19(31-4)14-20(17)32-22/h5-9,12-14H,10-11H2,1-4H3/b9-8+. The number of nitro benzene ring substituents is 1. The van der Waals surface area contributed by atoms with Gasteiger partial charge in [0.1, 0.15) is 0 Å². The first kappa shape index (κ1) is 23.2. The maximum Gasteiger partial charge on any atom is 0.270 e. The summed E-state index contributed by atoms with van der Waals surface area (Å²) in [5.74, 6) is 0.886. The van der Waals surface area contributed by atoms with E-state index >= 15 is 0 Å². The molecular formula is C22H24N4O5S. The molecule has 0 spiro atoms. The molecule has 0 unspecified atom stereocenters. The average Bonchev–Trinajstić information content (AvgIpc) is 3.19. The number of hydrogen-bond acceptors (Lipinski definition) is 8. The topological polar surface area (TPSA) is 98.0 Å². The molecule has 0 aliphatic rings. The van der Waals surface area contributed by atoms with Gasteiger partial charge in [-0.15, -0.1) is 0 Å². The third kappa shape index (κ3) is 5.40. The van der Waals surface area contributed by atoms with Crippen LogP contribution in [0.25, 0.3) is 16.3 Å². The highest BCUT2D eigenvalue weighted by atomic mass is 32.1. The van der Waals surface area contributed by atoms with E-state index in [4.69, 9.17) is 9.47 Å². The Labute approximate surface area is 189 Å². The lowest BCUT2D eigenvalue weighted by Crippen LogP contribution is -2.35. The van der Waals surface area contributed by atoms with Crippen LogP contribution in [0.5, 0.6) is 11.5 Å². The number of non-ortho nitro benzene ring substituents is 1. The fourth-order valence-corrected chi connectivity index (χ4v) is 3.97. The molecule has 0 fully saturated rings. The molecule has 3 rings (SSSR count).